The number of fused-ring (bicyclic) bond motifs is 9. The number of H-pyrrole nitrogens is 2. The van der Waals surface area contributed by atoms with Crippen LogP contribution in [0.15, 0.2) is 175 Å². The SMILES string of the molecule is CN1CC2=C(C(=O)c3ccccc3C2=O)C1c1cc2[nH]c1c(-c1ccccc1)c1nc(c(-c3ccccc3)c3nc(c(-c4ccccc4)c4ccc([nH]4)c2-c2ccccc2)C=C3)C=C1. The van der Waals surface area contributed by atoms with Gasteiger partial charge in [-0.05, 0) is 71.8 Å². The van der Waals surface area contributed by atoms with Gasteiger partial charge in [0.1, 0.15) is 0 Å². The number of aromatic nitrogens is 4. The van der Waals surface area contributed by atoms with E-state index in [-0.39, 0.29) is 11.6 Å². The van der Waals surface area contributed by atoms with Gasteiger partial charge in [-0.2, -0.15) is 0 Å². The first kappa shape index (κ1) is 37.5. The Balaban J connectivity index is 1.28. The summed E-state index contributed by atoms with van der Waals surface area (Å²) in [5, 5.41) is 0. The number of carbonyl (C=O) groups is 2. The van der Waals surface area contributed by atoms with Crippen molar-refractivity contribution >= 4 is 57.9 Å². The van der Waals surface area contributed by atoms with E-state index in [0.29, 0.717) is 28.8 Å². The molecule has 1 unspecified atom stereocenters. The quantitative estimate of drug-likeness (QED) is 0.180. The van der Waals surface area contributed by atoms with Gasteiger partial charge in [0, 0.05) is 73.2 Å². The van der Waals surface area contributed by atoms with Crippen LogP contribution < -0.4 is 0 Å². The van der Waals surface area contributed by atoms with E-state index < -0.39 is 6.04 Å². The Hall–Kier alpha value is -8.26. The summed E-state index contributed by atoms with van der Waals surface area (Å²) in [5.74, 6) is -0.207. The lowest BCUT2D eigenvalue weighted by atomic mass is 9.81. The first-order valence-corrected chi connectivity index (χ1v) is 21.5. The van der Waals surface area contributed by atoms with Crippen LogP contribution in [0.1, 0.15) is 55.1 Å². The number of carbonyl (C=O) groups excluding carboxylic acids is 2. The van der Waals surface area contributed by atoms with Gasteiger partial charge >= 0.3 is 0 Å². The van der Waals surface area contributed by atoms with Crippen LogP contribution in [0.5, 0.6) is 0 Å². The maximum absolute atomic E-state index is 14.8. The lowest BCUT2D eigenvalue weighted by Gasteiger charge is -2.24. The highest BCUT2D eigenvalue weighted by Gasteiger charge is 2.44. The highest BCUT2D eigenvalue weighted by atomic mass is 16.1. The zero-order chi connectivity index (χ0) is 42.9. The van der Waals surface area contributed by atoms with Gasteiger partial charge in [-0.15, -0.1) is 0 Å². The summed E-state index contributed by atoms with van der Waals surface area (Å²) in [6.45, 7) is 0.343. The van der Waals surface area contributed by atoms with Crippen molar-refractivity contribution in [1.29, 1.82) is 0 Å². The maximum Gasteiger partial charge on any atom is 0.192 e. The third kappa shape index (κ3) is 6.01. The molecule has 3 aromatic heterocycles. The minimum absolute atomic E-state index is 0.0916. The highest BCUT2D eigenvalue weighted by Crippen LogP contribution is 2.47. The molecule has 0 spiro atoms. The molecule has 3 aliphatic heterocycles. The van der Waals surface area contributed by atoms with Crippen molar-refractivity contribution in [1.82, 2.24) is 24.8 Å². The fourth-order valence-electron chi connectivity index (χ4n) is 10.0. The number of ketones is 2. The highest BCUT2D eigenvalue weighted by molar-refractivity contribution is 6.28. The number of aromatic amines is 2. The van der Waals surface area contributed by atoms with Gasteiger partial charge in [-0.3, -0.25) is 14.5 Å². The van der Waals surface area contributed by atoms with Crippen molar-refractivity contribution < 1.29 is 9.59 Å². The summed E-state index contributed by atoms with van der Waals surface area (Å²) in [6.07, 6.45) is 8.37. The third-order valence-corrected chi connectivity index (χ3v) is 12.8. The molecule has 7 nitrogen and oxygen atoms in total. The Labute approximate surface area is 369 Å². The van der Waals surface area contributed by atoms with Gasteiger partial charge in [0.25, 0.3) is 0 Å². The summed E-state index contributed by atoms with van der Waals surface area (Å²) in [5.41, 5.74) is 17.2. The summed E-state index contributed by atoms with van der Waals surface area (Å²) < 4.78 is 0. The molecule has 0 saturated carbocycles. The minimum Gasteiger partial charge on any atom is -0.354 e. The van der Waals surface area contributed by atoms with Gasteiger partial charge in [0.15, 0.2) is 11.6 Å². The predicted molar refractivity (Wildman–Crippen MR) is 258 cm³/mol. The normalized spacial score (nSPS) is 15.5. The van der Waals surface area contributed by atoms with Crippen LogP contribution in [0.25, 0.3) is 90.9 Å². The fraction of sp³-hybridized carbons (Fsp3) is 0.0526. The van der Waals surface area contributed by atoms with Gasteiger partial charge in [-0.25, -0.2) is 9.97 Å². The minimum atomic E-state index is -0.539. The van der Waals surface area contributed by atoms with E-state index in [0.717, 1.165) is 94.9 Å². The van der Waals surface area contributed by atoms with Crippen molar-refractivity contribution in [2.45, 2.75) is 6.04 Å². The van der Waals surface area contributed by atoms with Gasteiger partial charge in [-0.1, -0.05) is 146 Å². The number of Topliss-reactive ketones (excluding diaryl/α,β-unsaturated/α-hetero) is 2. The molecule has 7 heteroatoms. The molecule has 1 aliphatic carbocycles. The molecular formula is C57H39N5O2. The van der Waals surface area contributed by atoms with Crippen LogP contribution in [0, 0.1) is 0 Å². The molecular weight excluding hydrogens is 787 g/mol. The number of likely N-dealkylation sites (N-methyl/N-ethyl adjacent to an activating group) is 1. The molecule has 8 bridgehead atoms. The Morgan fingerprint density at radius 1 is 0.469 bits per heavy atom. The Bertz CT molecular complexity index is 3510. The smallest absolute Gasteiger partial charge is 0.192 e. The largest absolute Gasteiger partial charge is 0.354 e. The number of hydrogen-bond donors (Lipinski definition) is 2. The molecule has 304 valence electrons. The fourth-order valence-corrected chi connectivity index (χ4v) is 10.0. The van der Waals surface area contributed by atoms with E-state index in [1.807, 2.05) is 67.7 Å². The molecule has 6 heterocycles. The topological polar surface area (TPSA) is 94.7 Å². The van der Waals surface area contributed by atoms with Crippen LogP contribution >= 0.6 is 0 Å². The van der Waals surface area contributed by atoms with Crippen LogP contribution in [0.3, 0.4) is 0 Å². The molecule has 0 radical (unpaired) electrons. The van der Waals surface area contributed by atoms with Crippen LogP contribution in [0.4, 0.5) is 0 Å². The second-order valence-electron chi connectivity index (χ2n) is 16.6. The van der Waals surface area contributed by atoms with Crippen LogP contribution in [0.2, 0.25) is 0 Å². The van der Waals surface area contributed by atoms with E-state index in [4.69, 9.17) is 9.97 Å². The first-order valence-electron chi connectivity index (χ1n) is 21.5. The van der Waals surface area contributed by atoms with Crippen LogP contribution in [-0.2, 0) is 0 Å². The van der Waals surface area contributed by atoms with E-state index in [1.54, 1.807) is 12.1 Å². The zero-order valence-electron chi connectivity index (χ0n) is 34.8. The van der Waals surface area contributed by atoms with Gasteiger partial charge < -0.3 is 9.97 Å². The third-order valence-electron chi connectivity index (χ3n) is 12.8. The molecule has 8 aromatic rings. The predicted octanol–water partition coefficient (Wildman–Crippen LogP) is 12.7. The molecule has 1 atom stereocenters. The van der Waals surface area contributed by atoms with Crippen molar-refractivity contribution in [3.8, 4) is 44.5 Å². The van der Waals surface area contributed by atoms with Crippen molar-refractivity contribution in [2.75, 3.05) is 13.6 Å². The molecule has 12 rings (SSSR count). The number of benzene rings is 5. The van der Waals surface area contributed by atoms with Crippen molar-refractivity contribution in [2.24, 2.45) is 0 Å². The summed E-state index contributed by atoms with van der Waals surface area (Å²) in [4.78, 5) is 49.9. The van der Waals surface area contributed by atoms with E-state index in [2.05, 4.69) is 130 Å². The second kappa shape index (κ2) is 15.0. The lowest BCUT2D eigenvalue weighted by Crippen LogP contribution is -2.23. The van der Waals surface area contributed by atoms with Gasteiger partial charge in [0.05, 0.1) is 34.3 Å². The molecule has 0 saturated heterocycles. The lowest BCUT2D eigenvalue weighted by molar-refractivity contribution is 0.0974. The molecule has 2 N–H and O–H groups in total. The molecule has 0 fully saturated rings. The molecule has 64 heavy (non-hydrogen) atoms. The van der Waals surface area contributed by atoms with E-state index in [9.17, 15) is 9.59 Å². The maximum atomic E-state index is 14.8. The Morgan fingerprint density at radius 2 is 0.906 bits per heavy atom. The second-order valence-corrected chi connectivity index (χ2v) is 16.6. The summed E-state index contributed by atoms with van der Waals surface area (Å²) in [7, 11) is 2.00. The number of nitrogens with one attached hydrogen (secondary N) is 2. The molecule has 4 aliphatic rings. The number of nitrogens with zero attached hydrogens (tertiary/aromatic N) is 3. The summed E-state index contributed by atoms with van der Waals surface area (Å²) >= 11 is 0. The van der Waals surface area contributed by atoms with Crippen molar-refractivity contribution in [3.63, 3.8) is 0 Å². The Kier molecular flexibility index (Phi) is 8.77. The van der Waals surface area contributed by atoms with Crippen molar-refractivity contribution in [3.05, 3.63) is 214 Å². The Morgan fingerprint density at radius 3 is 1.47 bits per heavy atom. The average Bonchev–Trinajstić information content (AvgIpc) is 4.21. The number of hydrogen-bond acceptors (Lipinski definition) is 5. The van der Waals surface area contributed by atoms with E-state index >= 15 is 0 Å². The standard InChI is InChI=1S/C57H39N5O2/c1-62-33-41-53(57(64)39-25-15-14-24-38(39)56(41)63)55(62)40-32-48-51(36-20-10-4-11-21-36)46-29-28-44(59-46)49(34-16-6-2-7-17-34)42-26-27-43(58-42)50(35-18-8-3-9-19-35)45-30-31-47(60-45)52(54(40)61-48)37-22-12-5-13-23-37/h2-32,55,59,61H,33H2,1H3. The molecule has 5 aromatic carbocycles. The van der Waals surface area contributed by atoms with Gasteiger partial charge in [0.2, 0.25) is 0 Å². The zero-order valence-corrected chi connectivity index (χ0v) is 34.8. The van der Waals surface area contributed by atoms with E-state index in [1.165, 1.54) is 0 Å². The monoisotopic (exact) mass is 825 g/mol. The molecule has 0 amide bonds. The summed E-state index contributed by atoms with van der Waals surface area (Å²) in [6, 6.07) is 54.5. The average molecular weight is 826 g/mol. The number of rotatable bonds is 5. The van der Waals surface area contributed by atoms with Crippen LogP contribution in [-0.4, -0.2) is 50.0 Å². The first-order chi connectivity index (χ1) is 31.5.